The molecule has 0 saturated carbocycles. The van der Waals surface area contributed by atoms with Crippen LogP contribution in [0.5, 0.6) is 0 Å². The first-order valence-electron chi connectivity index (χ1n) is 10.4. The van der Waals surface area contributed by atoms with Crippen LogP contribution in [-0.2, 0) is 23.3 Å². The lowest BCUT2D eigenvalue weighted by molar-refractivity contribution is -0.111. The molecule has 0 saturated heterocycles. The van der Waals surface area contributed by atoms with Crippen molar-refractivity contribution in [3.8, 4) is 0 Å². The van der Waals surface area contributed by atoms with Gasteiger partial charge < -0.3 is 15.0 Å². The second-order valence-corrected chi connectivity index (χ2v) is 8.85. The molecule has 0 heterocycles. The number of hydrogen-bond acceptors (Lipinski definition) is 3. The Kier molecular flexibility index (Phi) is 7.49. The van der Waals surface area contributed by atoms with Gasteiger partial charge in [-0.3, -0.25) is 4.79 Å². The summed E-state index contributed by atoms with van der Waals surface area (Å²) in [5.41, 5.74) is 1.77. The maximum Gasteiger partial charge on any atom is 0.251 e. The number of anilines is 1. The van der Waals surface area contributed by atoms with Gasteiger partial charge in [0.25, 0.3) is 5.91 Å². The van der Waals surface area contributed by atoms with Crippen molar-refractivity contribution in [1.82, 2.24) is 5.32 Å². The zero-order valence-corrected chi connectivity index (χ0v) is 19.4. The van der Waals surface area contributed by atoms with E-state index in [9.17, 15) is 18.4 Å². The van der Waals surface area contributed by atoms with E-state index in [1.54, 1.807) is 62.2 Å². The molecule has 0 atom stereocenters. The zero-order chi connectivity index (χ0) is 24.2. The average Bonchev–Trinajstić information content (AvgIpc) is 2.79. The fourth-order valence-corrected chi connectivity index (χ4v) is 3.76. The number of benzene rings is 3. The van der Waals surface area contributed by atoms with Gasteiger partial charge in [0.15, 0.2) is 0 Å². The summed E-state index contributed by atoms with van der Waals surface area (Å²) in [5.74, 6) is -1.17. The monoisotopic (exact) mass is 470 g/mol. The lowest BCUT2D eigenvalue weighted by atomic mass is 9.84. The Hall–Kier alpha value is -3.25. The predicted octanol–water partition coefficient (Wildman–Crippen LogP) is 5.66. The van der Waals surface area contributed by atoms with Crippen molar-refractivity contribution in [1.29, 1.82) is 0 Å². The third-order valence-electron chi connectivity index (χ3n) is 5.46. The molecule has 3 rings (SSSR count). The Bertz CT molecular complexity index is 1160. The second-order valence-electron chi connectivity index (χ2n) is 8.44. The van der Waals surface area contributed by atoms with E-state index in [1.165, 1.54) is 24.3 Å². The largest absolute Gasteiger partial charge is 0.370 e. The Morgan fingerprint density at radius 1 is 1.09 bits per heavy atom. The van der Waals surface area contributed by atoms with Crippen LogP contribution in [0.4, 0.5) is 14.5 Å². The number of aldehydes is 1. The number of carbonyl (C=O) groups is 2. The number of nitrogens with zero attached hydrogens (tertiary/aromatic N) is 1. The Morgan fingerprint density at radius 2 is 1.82 bits per heavy atom. The molecule has 0 aliphatic carbocycles. The lowest BCUT2D eigenvalue weighted by Crippen LogP contribution is -2.28. The number of halogens is 3. The molecule has 0 spiro atoms. The number of nitrogens with one attached hydrogen (secondary N) is 1. The van der Waals surface area contributed by atoms with Gasteiger partial charge in [-0.25, -0.2) is 8.78 Å². The van der Waals surface area contributed by atoms with Crippen LogP contribution in [0, 0.1) is 11.6 Å². The molecule has 0 aliphatic rings. The number of rotatable bonds is 8. The minimum atomic E-state index is -0.834. The van der Waals surface area contributed by atoms with Crippen LogP contribution < -0.4 is 10.2 Å². The summed E-state index contributed by atoms with van der Waals surface area (Å²) in [6, 6.07) is 15.5. The molecule has 0 unspecified atom stereocenters. The first-order chi connectivity index (χ1) is 15.6. The molecule has 1 amide bonds. The summed E-state index contributed by atoms with van der Waals surface area (Å²) >= 11 is 6.20. The number of amides is 1. The summed E-state index contributed by atoms with van der Waals surface area (Å²) in [6.07, 6.45) is 0.833. The van der Waals surface area contributed by atoms with E-state index < -0.39 is 11.2 Å². The maximum atomic E-state index is 14.4. The molecule has 3 aromatic rings. The highest BCUT2D eigenvalue weighted by Gasteiger charge is 2.26. The molecule has 0 bridgehead atoms. The van der Waals surface area contributed by atoms with Gasteiger partial charge in [0.2, 0.25) is 0 Å². The summed E-state index contributed by atoms with van der Waals surface area (Å²) in [5, 5.41) is 3.07. The molecule has 0 aromatic heterocycles. The maximum absolute atomic E-state index is 14.4. The van der Waals surface area contributed by atoms with E-state index in [-0.39, 0.29) is 24.8 Å². The highest BCUT2D eigenvalue weighted by atomic mass is 35.5. The summed E-state index contributed by atoms with van der Waals surface area (Å²) in [6.45, 7) is 3.84. The van der Waals surface area contributed by atoms with Gasteiger partial charge in [-0.2, -0.15) is 0 Å². The van der Waals surface area contributed by atoms with Crippen LogP contribution in [0.1, 0.15) is 40.9 Å². The van der Waals surface area contributed by atoms with Gasteiger partial charge in [0, 0.05) is 47.4 Å². The van der Waals surface area contributed by atoms with E-state index in [4.69, 9.17) is 11.6 Å². The number of hydrogen-bond donors (Lipinski definition) is 1. The molecule has 33 heavy (non-hydrogen) atoms. The quantitative estimate of drug-likeness (QED) is 0.432. The molecule has 1 N–H and O–H groups in total. The van der Waals surface area contributed by atoms with Crippen molar-refractivity contribution in [3.63, 3.8) is 0 Å². The molecule has 172 valence electrons. The topological polar surface area (TPSA) is 49.4 Å². The molecular formula is C26H25ClF2N2O2. The van der Waals surface area contributed by atoms with Gasteiger partial charge in [-0.05, 0) is 61.4 Å². The Balaban J connectivity index is 1.92. The van der Waals surface area contributed by atoms with E-state index in [1.807, 2.05) is 0 Å². The van der Waals surface area contributed by atoms with E-state index in [0.717, 1.165) is 6.29 Å². The van der Waals surface area contributed by atoms with Crippen LogP contribution in [0.2, 0.25) is 5.02 Å². The van der Waals surface area contributed by atoms with Crippen LogP contribution in [-0.4, -0.2) is 19.2 Å². The molecule has 4 nitrogen and oxygen atoms in total. The number of carbonyl (C=O) groups excluding carboxylic acids is 2. The minimum Gasteiger partial charge on any atom is -0.370 e. The van der Waals surface area contributed by atoms with Gasteiger partial charge >= 0.3 is 0 Å². The van der Waals surface area contributed by atoms with Crippen molar-refractivity contribution in [3.05, 3.63) is 99.6 Å². The zero-order valence-electron chi connectivity index (χ0n) is 18.7. The van der Waals surface area contributed by atoms with Gasteiger partial charge in [0.05, 0.1) is 0 Å². The van der Waals surface area contributed by atoms with Crippen molar-refractivity contribution in [2.45, 2.75) is 32.4 Å². The van der Waals surface area contributed by atoms with E-state index in [0.29, 0.717) is 33.0 Å². The summed E-state index contributed by atoms with van der Waals surface area (Å²) in [4.78, 5) is 26.3. The van der Waals surface area contributed by atoms with E-state index in [2.05, 4.69) is 5.32 Å². The molecule has 0 radical (unpaired) electrons. The first kappa shape index (κ1) is 24.4. The smallest absolute Gasteiger partial charge is 0.251 e. The van der Waals surface area contributed by atoms with Crippen LogP contribution in [0.3, 0.4) is 0 Å². The van der Waals surface area contributed by atoms with Crippen molar-refractivity contribution >= 4 is 29.5 Å². The van der Waals surface area contributed by atoms with Crippen LogP contribution in [0.15, 0.2) is 60.7 Å². The fraction of sp³-hybridized carbons (Fsp3) is 0.231. The third-order valence-corrected chi connectivity index (χ3v) is 5.81. The van der Waals surface area contributed by atoms with Crippen molar-refractivity contribution < 1.29 is 18.4 Å². The minimum absolute atomic E-state index is 0.141. The highest BCUT2D eigenvalue weighted by molar-refractivity contribution is 6.31. The first-order valence-corrected chi connectivity index (χ1v) is 10.8. The molecular weight excluding hydrogens is 446 g/mol. The molecule has 0 aliphatic heterocycles. The highest BCUT2D eigenvalue weighted by Crippen LogP contribution is 2.33. The Morgan fingerprint density at radius 3 is 2.48 bits per heavy atom. The summed E-state index contributed by atoms with van der Waals surface area (Å²) in [7, 11) is 1.75. The van der Waals surface area contributed by atoms with Gasteiger partial charge in [-0.1, -0.05) is 35.9 Å². The summed E-state index contributed by atoms with van der Waals surface area (Å²) < 4.78 is 27.8. The van der Waals surface area contributed by atoms with Gasteiger partial charge in [0.1, 0.15) is 17.9 Å². The third kappa shape index (κ3) is 5.76. The predicted molar refractivity (Wildman–Crippen MR) is 127 cm³/mol. The van der Waals surface area contributed by atoms with Crippen molar-refractivity contribution in [2.24, 2.45) is 0 Å². The van der Waals surface area contributed by atoms with Crippen LogP contribution >= 0.6 is 11.6 Å². The standard InChI is InChI=1S/C26H25ClF2N2O2/c1-26(2,16-32)21-11-10-18(25(33)30-14-17-6-4-7-19(28)12-17)13-24(21)31(3)15-20-22(27)8-5-9-23(20)29/h4-13,16H,14-15H2,1-3H3,(H,30,33). The van der Waals surface area contributed by atoms with Crippen LogP contribution in [0.25, 0.3) is 0 Å². The molecule has 7 heteroatoms. The fourth-order valence-electron chi connectivity index (χ4n) is 3.53. The van der Waals surface area contributed by atoms with Crippen molar-refractivity contribution in [2.75, 3.05) is 11.9 Å². The normalized spacial score (nSPS) is 11.2. The SMILES string of the molecule is CN(Cc1c(F)cccc1Cl)c1cc(C(=O)NCc2cccc(F)c2)ccc1C(C)(C)C=O. The lowest BCUT2D eigenvalue weighted by Gasteiger charge is -2.29. The molecule has 0 fully saturated rings. The van der Waals surface area contributed by atoms with E-state index >= 15 is 0 Å². The Labute approximate surface area is 197 Å². The average molecular weight is 471 g/mol. The molecule has 3 aromatic carbocycles. The second kappa shape index (κ2) is 10.1. The van der Waals surface area contributed by atoms with Gasteiger partial charge in [-0.15, -0.1) is 0 Å².